The zero-order valence-electron chi connectivity index (χ0n) is 14.3. The molecule has 2 aromatic heterocycles. The summed E-state index contributed by atoms with van der Waals surface area (Å²) >= 11 is 1.35. The first-order chi connectivity index (χ1) is 13.6. The maximum absolute atomic E-state index is 12.5. The minimum atomic E-state index is -0.692. The standard InChI is InChI=1S/C20H13N3O4S/c24-18-15-5-2-1-4-14(15)17(22-23-18)20(26)27-13-9-7-12(8-10-13)21-19(25)16-6-3-11-28-16/h1-11H,(H,21,25)(H,23,24). The number of anilines is 1. The minimum Gasteiger partial charge on any atom is -0.422 e. The maximum Gasteiger partial charge on any atom is 0.364 e. The molecule has 2 aromatic carbocycles. The van der Waals surface area contributed by atoms with Crippen molar-refractivity contribution in [2.24, 2.45) is 0 Å². The van der Waals surface area contributed by atoms with Crippen molar-refractivity contribution in [1.82, 2.24) is 10.2 Å². The lowest BCUT2D eigenvalue weighted by molar-refractivity contribution is 0.0729. The number of carbonyl (C=O) groups excluding carboxylic acids is 2. The molecule has 2 N–H and O–H groups in total. The van der Waals surface area contributed by atoms with E-state index in [-0.39, 0.29) is 22.9 Å². The van der Waals surface area contributed by atoms with Crippen molar-refractivity contribution < 1.29 is 14.3 Å². The Labute approximate surface area is 162 Å². The van der Waals surface area contributed by atoms with Gasteiger partial charge in [-0.25, -0.2) is 9.89 Å². The summed E-state index contributed by atoms with van der Waals surface area (Å²) < 4.78 is 5.35. The minimum absolute atomic E-state index is 0.0188. The van der Waals surface area contributed by atoms with Gasteiger partial charge in [0.15, 0.2) is 5.69 Å². The fourth-order valence-corrected chi connectivity index (χ4v) is 3.25. The van der Waals surface area contributed by atoms with Gasteiger partial charge in [-0.05, 0) is 41.8 Å². The maximum atomic E-state index is 12.5. The van der Waals surface area contributed by atoms with Crippen LogP contribution in [0.2, 0.25) is 0 Å². The highest BCUT2D eigenvalue weighted by Crippen LogP contribution is 2.20. The number of aromatic amines is 1. The molecule has 2 heterocycles. The lowest BCUT2D eigenvalue weighted by Crippen LogP contribution is -2.17. The Morgan fingerprint density at radius 3 is 2.43 bits per heavy atom. The van der Waals surface area contributed by atoms with Gasteiger partial charge in [-0.15, -0.1) is 11.3 Å². The Kier molecular flexibility index (Phi) is 4.69. The largest absolute Gasteiger partial charge is 0.422 e. The molecule has 28 heavy (non-hydrogen) atoms. The number of H-pyrrole nitrogens is 1. The van der Waals surface area contributed by atoms with Gasteiger partial charge in [-0.2, -0.15) is 5.10 Å². The Morgan fingerprint density at radius 2 is 1.71 bits per heavy atom. The molecule has 0 aliphatic rings. The van der Waals surface area contributed by atoms with Crippen LogP contribution in [-0.2, 0) is 0 Å². The summed E-state index contributed by atoms with van der Waals surface area (Å²) in [4.78, 5) is 37.0. The molecule has 0 bridgehead atoms. The highest BCUT2D eigenvalue weighted by molar-refractivity contribution is 7.12. The van der Waals surface area contributed by atoms with Crippen molar-refractivity contribution >= 4 is 39.7 Å². The number of amides is 1. The van der Waals surface area contributed by atoms with Crippen LogP contribution in [0.5, 0.6) is 5.75 Å². The Hall–Kier alpha value is -3.78. The summed E-state index contributed by atoms with van der Waals surface area (Å²) in [6.45, 7) is 0. The number of ether oxygens (including phenoxy) is 1. The number of nitrogens with one attached hydrogen (secondary N) is 2. The summed E-state index contributed by atoms with van der Waals surface area (Å²) in [5.74, 6) is -0.609. The van der Waals surface area contributed by atoms with Crippen LogP contribution < -0.4 is 15.6 Å². The van der Waals surface area contributed by atoms with Crippen molar-refractivity contribution in [3.8, 4) is 5.75 Å². The van der Waals surface area contributed by atoms with Crippen molar-refractivity contribution in [2.75, 3.05) is 5.32 Å². The average Bonchev–Trinajstić information content (AvgIpc) is 3.25. The molecule has 0 unspecified atom stereocenters. The summed E-state index contributed by atoms with van der Waals surface area (Å²) in [5.41, 5.74) is 0.217. The SMILES string of the molecule is O=C(Nc1ccc(OC(=O)c2n[nH]c(=O)c3ccccc23)cc1)c1cccs1. The zero-order chi connectivity index (χ0) is 19.5. The van der Waals surface area contributed by atoms with E-state index in [2.05, 4.69) is 15.5 Å². The Morgan fingerprint density at radius 1 is 0.964 bits per heavy atom. The van der Waals surface area contributed by atoms with Crippen LogP contribution in [0.3, 0.4) is 0 Å². The lowest BCUT2D eigenvalue weighted by Gasteiger charge is -2.07. The second kappa shape index (κ2) is 7.45. The molecule has 0 aliphatic heterocycles. The van der Waals surface area contributed by atoms with E-state index in [0.29, 0.717) is 21.3 Å². The molecule has 0 radical (unpaired) electrons. The number of hydrogen-bond donors (Lipinski definition) is 2. The van der Waals surface area contributed by atoms with E-state index >= 15 is 0 Å². The molecule has 4 rings (SSSR count). The van der Waals surface area contributed by atoms with E-state index in [1.54, 1.807) is 60.7 Å². The van der Waals surface area contributed by atoms with E-state index in [9.17, 15) is 14.4 Å². The second-order valence-corrected chi connectivity index (χ2v) is 6.74. The summed E-state index contributed by atoms with van der Waals surface area (Å²) in [7, 11) is 0. The van der Waals surface area contributed by atoms with Gasteiger partial charge < -0.3 is 10.1 Å². The number of fused-ring (bicyclic) bond motifs is 1. The van der Waals surface area contributed by atoms with E-state index in [4.69, 9.17) is 4.74 Å². The van der Waals surface area contributed by atoms with Crippen molar-refractivity contribution in [1.29, 1.82) is 0 Å². The van der Waals surface area contributed by atoms with Crippen LogP contribution in [0.1, 0.15) is 20.2 Å². The Bertz CT molecular complexity index is 1210. The number of hydrogen-bond acceptors (Lipinski definition) is 6. The molecule has 4 aromatic rings. The first-order valence-corrected chi connectivity index (χ1v) is 9.14. The van der Waals surface area contributed by atoms with Crippen molar-refractivity contribution in [2.45, 2.75) is 0 Å². The van der Waals surface area contributed by atoms with Crippen molar-refractivity contribution in [3.63, 3.8) is 0 Å². The average molecular weight is 391 g/mol. The van der Waals surface area contributed by atoms with E-state index < -0.39 is 5.97 Å². The molecular formula is C20H13N3O4S. The quantitative estimate of drug-likeness (QED) is 0.410. The number of thiophene rings is 1. The molecule has 138 valence electrons. The van der Waals surface area contributed by atoms with Crippen LogP contribution in [0.25, 0.3) is 10.8 Å². The van der Waals surface area contributed by atoms with Gasteiger partial charge in [0.1, 0.15) is 5.75 Å². The van der Waals surface area contributed by atoms with Crippen molar-refractivity contribution in [3.05, 3.63) is 87.0 Å². The number of aromatic nitrogens is 2. The van der Waals surface area contributed by atoms with Gasteiger partial charge in [0.25, 0.3) is 11.5 Å². The first kappa shape index (κ1) is 17.6. The monoisotopic (exact) mass is 391 g/mol. The van der Waals surface area contributed by atoms with Gasteiger partial charge in [0.05, 0.1) is 10.3 Å². The smallest absolute Gasteiger partial charge is 0.364 e. The molecule has 0 fully saturated rings. The molecule has 0 atom stereocenters. The topological polar surface area (TPSA) is 101 Å². The summed E-state index contributed by atoms with van der Waals surface area (Å²) in [6, 6.07) is 16.6. The lowest BCUT2D eigenvalue weighted by atomic mass is 10.1. The third-order valence-corrected chi connectivity index (χ3v) is 4.83. The molecule has 1 amide bonds. The number of carbonyl (C=O) groups is 2. The fourth-order valence-electron chi connectivity index (χ4n) is 2.63. The van der Waals surface area contributed by atoms with E-state index in [0.717, 1.165) is 0 Å². The predicted molar refractivity (Wildman–Crippen MR) is 106 cm³/mol. The number of esters is 1. The van der Waals surface area contributed by atoms with E-state index in [1.807, 2.05) is 5.38 Å². The summed E-state index contributed by atoms with van der Waals surface area (Å²) in [5, 5.41) is 11.5. The van der Waals surface area contributed by atoms with Gasteiger partial charge >= 0.3 is 5.97 Å². The highest BCUT2D eigenvalue weighted by atomic mass is 32.1. The van der Waals surface area contributed by atoms with Crippen LogP contribution in [0, 0.1) is 0 Å². The van der Waals surface area contributed by atoms with Crippen LogP contribution >= 0.6 is 11.3 Å². The molecule has 0 saturated heterocycles. The third kappa shape index (κ3) is 3.53. The van der Waals surface area contributed by atoms with Gasteiger partial charge in [0.2, 0.25) is 0 Å². The molecular weight excluding hydrogens is 378 g/mol. The molecule has 0 aliphatic carbocycles. The predicted octanol–water partition coefficient (Wildman–Crippen LogP) is 3.46. The van der Waals surface area contributed by atoms with Crippen LogP contribution in [0.15, 0.2) is 70.8 Å². The summed E-state index contributed by atoms with van der Waals surface area (Å²) in [6.07, 6.45) is 0. The first-order valence-electron chi connectivity index (χ1n) is 8.26. The van der Waals surface area contributed by atoms with Gasteiger partial charge in [0, 0.05) is 11.1 Å². The normalized spacial score (nSPS) is 10.6. The number of rotatable bonds is 4. The van der Waals surface area contributed by atoms with Crippen LogP contribution in [-0.4, -0.2) is 22.1 Å². The molecule has 0 spiro atoms. The number of benzene rings is 2. The zero-order valence-corrected chi connectivity index (χ0v) is 15.2. The second-order valence-electron chi connectivity index (χ2n) is 5.79. The Balaban J connectivity index is 1.51. The van der Waals surface area contributed by atoms with E-state index in [1.165, 1.54) is 11.3 Å². The van der Waals surface area contributed by atoms with Gasteiger partial charge in [-0.3, -0.25) is 9.59 Å². The highest BCUT2D eigenvalue weighted by Gasteiger charge is 2.16. The molecule has 0 saturated carbocycles. The molecule has 8 heteroatoms. The number of nitrogens with zero attached hydrogens (tertiary/aromatic N) is 1. The third-order valence-electron chi connectivity index (χ3n) is 3.96. The van der Waals surface area contributed by atoms with Crippen LogP contribution in [0.4, 0.5) is 5.69 Å². The fraction of sp³-hybridized carbons (Fsp3) is 0. The van der Waals surface area contributed by atoms with Gasteiger partial charge in [-0.1, -0.05) is 24.3 Å². The molecule has 7 nitrogen and oxygen atoms in total.